The molecule has 0 aromatic heterocycles. The molecule has 0 radical (unpaired) electrons. The largest absolute Gasteiger partial charge is 0.462 e. The lowest BCUT2D eigenvalue weighted by Crippen LogP contribution is -2.51. The van der Waals surface area contributed by atoms with E-state index >= 15 is 0 Å². The Morgan fingerprint density at radius 1 is 1.16 bits per heavy atom. The molecule has 0 aromatic rings. The van der Waals surface area contributed by atoms with Crippen molar-refractivity contribution in [3.8, 4) is 0 Å². The Labute approximate surface area is 197 Å². The molecule has 0 aromatic carbocycles. The highest BCUT2D eigenvalue weighted by atomic mass is 16.5. The topological polar surface area (TPSA) is 26.3 Å². The molecule has 8 atom stereocenters. The van der Waals surface area contributed by atoms with E-state index in [9.17, 15) is 4.79 Å². The maximum absolute atomic E-state index is 11.8. The highest BCUT2D eigenvalue weighted by molar-refractivity contribution is 5.69. The molecule has 2 heteroatoms. The van der Waals surface area contributed by atoms with Crippen molar-refractivity contribution in [2.24, 2.45) is 40.4 Å². The molecule has 3 fully saturated rings. The number of ether oxygens (including phenoxy) is 1. The molecule has 0 heterocycles. The van der Waals surface area contributed by atoms with Gasteiger partial charge >= 0.3 is 5.97 Å². The summed E-state index contributed by atoms with van der Waals surface area (Å²) in [7, 11) is 0. The smallest absolute Gasteiger partial charge is 0.305 e. The number of hydrogen-bond donors (Lipinski definition) is 0. The van der Waals surface area contributed by atoms with Gasteiger partial charge in [0.15, 0.2) is 0 Å². The van der Waals surface area contributed by atoms with Gasteiger partial charge in [-0.05, 0) is 99.2 Å². The molecule has 32 heavy (non-hydrogen) atoms. The minimum Gasteiger partial charge on any atom is -0.462 e. The first-order valence-corrected chi connectivity index (χ1v) is 13.4. The highest BCUT2D eigenvalue weighted by Gasteiger charge is 2.59. The van der Waals surface area contributed by atoms with Crippen LogP contribution in [-0.2, 0) is 9.53 Å². The van der Waals surface area contributed by atoms with E-state index in [0.29, 0.717) is 23.2 Å². The van der Waals surface area contributed by atoms with Crippen LogP contribution in [0.1, 0.15) is 99.3 Å². The number of esters is 1. The first kappa shape index (κ1) is 23.8. The minimum atomic E-state index is -0.0360. The molecule has 3 saturated carbocycles. The third-order valence-corrected chi connectivity index (χ3v) is 10.2. The molecular weight excluding hydrogens is 392 g/mol. The van der Waals surface area contributed by atoms with Crippen molar-refractivity contribution >= 4 is 5.97 Å². The normalized spacial score (nSPS) is 41.8. The summed E-state index contributed by atoms with van der Waals surface area (Å²) in [4.78, 5) is 11.8. The van der Waals surface area contributed by atoms with Gasteiger partial charge in [0.2, 0.25) is 0 Å². The van der Waals surface area contributed by atoms with Gasteiger partial charge in [-0.2, -0.15) is 0 Å². The highest BCUT2D eigenvalue weighted by Crippen LogP contribution is 2.67. The zero-order valence-electron chi connectivity index (χ0n) is 21.5. The molecule has 0 aliphatic heterocycles. The van der Waals surface area contributed by atoms with Crippen molar-refractivity contribution in [3.05, 3.63) is 35.5 Å². The molecule has 0 N–H and O–H groups in total. The van der Waals surface area contributed by atoms with Gasteiger partial charge in [-0.1, -0.05) is 63.1 Å². The van der Waals surface area contributed by atoms with Crippen LogP contribution < -0.4 is 0 Å². The van der Waals surface area contributed by atoms with Gasteiger partial charge in [0.25, 0.3) is 0 Å². The molecule has 0 spiro atoms. The summed E-state index contributed by atoms with van der Waals surface area (Å²) in [5, 5.41) is 0. The lowest BCUT2D eigenvalue weighted by atomic mass is 9.47. The zero-order valence-corrected chi connectivity index (χ0v) is 21.5. The SMILES string of the molecule is CCC(=O)O[C@H]1CC[C@@]2(C)C(=CC[C@H]3[C@@H]4CC[C@H]([C@H](C)/C=C\C=C(C)C)[C@@]4(C)CC[C@@H]32)C1. The number of carbonyl (C=O) groups excluding carboxylic acids is 1. The first-order chi connectivity index (χ1) is 15.2. The van der Waals surface area contributed by atoms with E-state index in [-0.39, 0.29) is 12.1 Å². The summed E-state index contributed by atoms with van der Waals surface area (Å²) in [5.41, 5.74) is 3.80. The van der Waals surface area contributed by atoms with E-state index in [1.807, 2.05) is 6.92 Å². The molecule has 178 valence electrons. The van der Waals surface area contributed by atoms with Gasteiger partial charge in [0.1, 0.15) is 6.10 Å². The predicted molar refractivity (Wildman–Crippen MR) is 133 cm³/mol. The average Bonchev–Trinajstić information content (AvgIpc) is 3.11. The Bertz CT molecular complexity index is 800. The quantitative estimate of drug-likeness (QED) is 0.246. The van der Waals surface area contributed by atoms with Gasteiger partial charge in [0, 0.05) is 12.8 Å². The second kappa shape index (κ2) is 9.15. The maximum Gasteiger partial charge on any atom is 0.305 e. The van der Waals surface area contributed by atoms with E-state index < -0.39 is 0 Å². The standard InChI is InChI=1S/C30H46O2/c1-7-28(31)32-23-15-17-29(5)22(19-23)11-12-24-26-14-13-25(21(4)10-8-9-20(2)3)30(26,6)18-16-27(24)29/h8-11,21,23-27H,7,12-19H2,1-6H3/b10-8-/t21-,23+,24+,25-,26+,27+,29+,30-/m1/s1. The number of allylic oxidation sites excluding steroid dienone is 5. The summed E-state index contributed by atoms with van der Waals surface area (Å²) < 4.78 is 5.75. The van der Waals surface area contributed by atoms with Crippen LogP contribution in [-0.4, -0.2) is 12.1 Å². The van der Waals surface area contributed by atoms with E-state index in [0.717, 1.165) is 36.5 Å². The van der Waals surface area contributed by atoms with Gasteiger partial charge < -0.3 is 4.74 Å². The van der Waals surface area contributed by atoms with Crippen molar-refractivity contribution in [2.75, 3.05) is 0 Å². The Balaban J connectivity index is 1.50. The molecule has 0 unspecified atom stereocenters. The molecular formula is C30H46O2. The summed E-state index contributed by atoms with van der Waals surface area (Å²) in [6.07, 6.45) is 20.2. The minimum absolute atomic E-state index is 0.0360. The number of hydrogen-bond acceptors (Lipinski definition) is 2. The molecule has 0 bridgehead atoms. The monoisotopic (exact) mass is 438 g/mol. The fourth-order valence-electron chi connectivity index (χ4n) is 8.46. The van der Waals surface area contributed by atoms with Crippen LogP contribution in [0.15, 0.2) is 35.5 Å². The third kappa shape index (κ3) is 4.16. The van der Waals surface area contributed by atoms with Crippen LogP contribution in [0.25, 0.3) is 0 Å². The fourth-order valence-corrected chi connectivity index (χ4v) is 8.46. The van der Waals surface area contributed by atoms with Gasteiger partial charge in [-0.25, -0.2) is 0 Å². The summed E-state index contributed by atoms with van der Waals surface area (Å²) in [6, 6.07) is 0. The number of rotatable bonds is 5. The average molecular weight is 439 g/mol. The van der Waals surface area contributed by atoms with Crippen molar-refractivity contribution in [1.82, 2.24) is 0 Å². The number of fused-ring (bicyclic) bond motifs is 5. The lowest BCUT2D eigenvalue weighted by molar-refractivity contribution is -0.151. The van der Waals surface area contributed by atoms with Crippen LogP contribution in [0.4, 0.5) is 0 Å². The van der Waals surface area contributed by atoms with E-state index in [1.165, 1.54) is 44.1 Å². The summed E-state index contributed by atoms with van der Waals surface area (Å²) in [5.74, 6) is 3.97. The third-order valence-electron chi connectivity index (χ3n) is 10.2. The molecule has 0 amide bonds. The van der Waals surface area contributed by atoms with Crippen LogP contribution in [0.2, 0.25) is 0 Å². The van der Waals surface area contributed by atoms with Gasteiger partial charge in [-0.15, -0.1) is 0 Å². The number of carbonyl (C=O) groups is 1. The lowest BCUT2D eigenvalue weighted by Gasteiger charge is -2.58. The van der Waals surface area contributed by atoms with Crippen molar-refractivity contribution in [3.63, 3.8) is 0 Å². The molecule has 4 aliphatic carbocycles. The van der Waals surface area contributed by atoms with Crippen molar-refractivity contribution in [1.29, 1.82) is 0 Å². The van der Waals surface area contributed by atoms with Gasteiger partial charge in [-0.3, -0.25) is 4.79 Å². The van der Waals surface area contributed by atoms with Crippen LogP contribution in [0.3, 0.4) is 0 Å². The van der Waals surface area contributed by atoms with Gasteiger partial charge in [0.05, 0.1) is 0 Å². The Morgan fingerprint density at radius 3 is 2.66 bits per heavy atom. The van der Waals surface area contributed by atoms with Crippen molar-refractivity contribution < 1.29 is 9.53 Å². The second-order valence-electron chi connectivity index (χ2n) is 12.2. The first-order valence-electron chi connectivity index (χ1n) is 13.4. The Hall–Kier alpha value is -1.31. The Morgan fingerprint density at radius 2 is 1.94 bits per heavy atom. The van der Waals surface area contributed by atoms with E-state index in [1.54, 1.807) is 5.57 Å². The molecule has 4 rings (SSSR count). The van der Waals surface area contributed by atoms with E-state index in [2.05, 4.69) is 58.9 Å². The van der Waals surface area contributed by atoms with Crippen LogP contribution in [0, 0.1) is 40.4 Å². The second-order valence-corrected chi connectivity index (χ2v) is 12.2. The predicted octanol–water partition coefficient (Wildman–Crippen LogP) is 8.05. The molecule has 0 saturated heterocycles. The van der Waals surface area contributed by atoms with Crippen LogP contribution in [0.5, 0.6) is 0 Å². The summed E-state index contributed by atoms with van der Waals surface area (Å²) in [6.45, 7) is 13.9. The maximum atomic E-state index is 11.8. The molecule has 4 aliphatic rings. The van der Waals surface area contributed by atoms with Crippen molar-refractivity contribution in [2.45, 2.75) is 105 Å². The van der Waals surface area contributed by atoms with E-state index in [4.69, 9.17) is 4.74 Å². The zero-order chi connectivity index (χ0) is 23.1. The fraction of sp³-hybridized carbons (Fsp3) is 0.767. The Kier molecular flexibility index (Phi) is 6.81. The van der Waals surface area contributed by atoms with Crippen LogP contribution >= 0.6 is 0 Å². The summed E-state index contributed by atoms with van der Waals surface area (Å²) >= 11 is 0. The molecule has 2 nitrogen and oxygen atoms in total.